The number of nitrogens with one attached hydrogen (secondary N) is 1. The summed E-state index contributed by atoms with van der Waals surface area (Å²) in [7, 11) is 0. The van der Waals surface area contributed by atoms with E-state index in [1.165, 1.54) is 0 Å². The molecule has 3 heteroatoms. The van der Waals surface area contributed by atoms with Gasteiger partial charge in [0.1, 0.15) is 5.82 Å². The van der Waals surface area contributed by atoms with E-state index in [2.05, 4.69) is 19.2 Å². The lowest BCUT2D eigenvalue weighted by atomic mass is 9.85. The van der Waals surface area contributed by atoms with Gasteiger partial charge in [0.05, 0.1) is 5.60 Å². The van der Waals surface area contributed by atoms with E-state index in [1.54, 1.807) is 13.0 Å². The molecule has 0 spiro atoms. The van der Waals surface area contributed by atoms with Crippen LogP contribution in [0, 0.1) is 12.7 Å². The zero-order chi connectivity index (χ0) is 13.2. The molecule has 1 fully saturated rings. The average molecular weight is 251 g/mol. The maximum Gasteiger partial charge on any atom is 0.126 e. The number of hydrogen-bond acceptors (Lipinski definition) is 2. The molecule has 1 heterocycles. The number of benzene rings is 1. The van der Waals surface area contributed by atoms with Crippen molar-refractivity contribution in [3.8, 4) is 0 Å². The Hall–Kier alpha value is -0.930. The SMILES string of the molecule is CCNC1CCOC(C)(c2ccc(C)c(F)c2)C1. The standard InChI is InChI=1S/C15H22FNO/c1-4-17-13-7-8-18-15(3,10-13)12-6-5-11(2)14(16)9-12/h5-6,9,13,17H,4,7-8,10H2,1-3H3. The molecule has 1 aliphatic rings. The van der Waals surface area contributed by atoms with Crippen LogP contribution in [0.5, 0.6) is 0 Å². The average Bonchev–Trinajstić information content (AvgIpc) is 2.33. The van der Waals surface area contributed by atoms with Crippen LogP contribution in [0.4, 0.5) is 4.39 Å². The van der Waals surface area contributed by atoms with Crippen LogP contribution in [0.15, 0.2) is 18.2 Å². The first kappa shape index (κ1) is 13.5. The van der Waals surface area contributed by atoms with Gasteiger partial charge in [-0.15, -0.1) is 0 Å². The molecule has 18 heavy (non-hydrogen) atoms. The van der Waals surface area contributed by atoms with Gasteiger partial charge in [-0.1, -0.05) is 19.1 Å². The molecule has 1 aromatic carbocycles. The zero-order valence-corrected chi connectivity index (χ0v) is 11.4. The summed E-state index contributed by atoms with van der Waals surface area (Å²) in [6.07, 6.45) is 1.92. The van der Waals surface area contributed by atoms with Crippen LogP contribution in [0.25, 0.3) is 0 Å². The van der Waals surface area contributed by atoms with Crippen LogP contribution in [0.3, 0.4) is 0 Å². The van der Waals surface area contributed by atoms with Gasteiger partial charge in [-0.05, 0) is 50.4 Å². The molecule has 2 atom stereocenters. The first-order valence-corrected chi connectivity index (χ1v) is 6.69. The molecule has 100 valence electrons. The van der Waals surface area contributed by atoms with Crippen LogP contribution < -0.4 is 5.32 Å². The smallest absolute Gasteiger partial charge is 0.126 e. The van der Waals surface area contributed by atoms with Crippen molar-refractivity contribution < 1.29 is 9.13 Å². The highest BCUT2D eigenvalue weighted by atomic mass is 19.1. The molecule has 0 aliphatic carbocycles. The van der Waals surface area contributed by atoms with Crippen molar-refractivity contribution in [1.82, 2.24) is 5.32 Å². The minimum absolute atomic E-state index is 0.150. The largest absolute Gasteiger partial charge is 0.370 e. The molecular weight excluding hydrogens is 229 g/mol. The topological polar surface area (TPSA) is 21.3 Å². The van der Waals surface area contributed by atoms with Crippen LogP contribution in [-0.4, -0.2) is 19.2 Å². The van der Waals surface area contributed by atoms with Crippen molar-refractivity contribution in [3.05, 3.63) is 35.1 Å². The van der Waals surface area contributed by atoms with Gasteiger partial charge in [0.25, 0.3) is 0 Å². The van der Waals surface area contributed by atoms with E-state index < -0.39 is 0 Å². The summed E-state index contributed by atoms with van der Waals surface area (Å²) in [4.78, 5) is 0. The Morgan fingerprint density at radius 1 is 1.50 bits per heavy atom. The number of hydrogen-bond donors (Lipinski definition) is 1. The molecule has 1 saturated heterocycles. The van der Waals surface area contributed by atoms with Crippen molar-refractivity contribution in [2.45, 2.75) is 45.3 Å². The molecule has 2 rings (SSSR count). The van der Waals surface area contributed by atoms with Crippen LogP contribution in [-0.2, 0) is 10.3 Å². The van der Waals surface area contributed by atoms with E-state index in [0.717, 1.165) is 31.6 Å². The maximum absolute atomic E-state index is 13.7. The van der Waals surface area contributed by atoms with Crippen LogP contribution in [0.2, 0.25) is 0 Å². The number of ether oxygens (including phenoxy) is 1. The van der Waals surface area contributed by atoms with E-state index >= 15 is 0 Å². The van der Waals surface area contributed by atoms with Gasteiger partial charge in [0.15, 0.2) is 0 Å². The quantitative estimate of drug-likeness (QED) is 0.891. The lowest BCUT2D eigenvalue weighted by Crippen LogP contribution is -2.43. The van der Waals surface area contributed by atoms with Gasteiger partial charge < -0.3 is 10.1 Å². The van der Waals surface area contributed by atoms with E-state index in [9.17, 15) is 4.39 Å². The molecule has 0 aromatic heterocycles. The van der Waals surface area contributed by atoms with Crippen molar-refractivity contribution in [2.75, 3.05) is 13.2 Å². The third kappa shape index (κ3) is 2.73. The Kier molecular flexibility index (Phi) is 4.03. The molecule has 0 radical (unpaired) electrons. The maximum atomic E-state index is 13.7. The molecule has 1 aliphatic heterocycles. The number of halogens is 1. The van der Waals surface area contributed by atoms with Gasteiger partial charge in [0.2, 0.25) is 0 Å². The first-order chi connectivity index (χ1) is 8.55. The predicted octanol–water partition coefficient (Wildman–Crippen LogP) is 3.14. The Morgan fingerprint density at radius 3 is 2.94 bits per heavy atom. The summed E-state index contributed by atoms with van der Waals surface area (Å²) >= 11 is 0. The fourth-order valence-corrected chi connectivity index (χ4v) is 2.64. The Bertz CT molecular complexity index is 419. The number of aryl methyl sites for hydroxylation is 1. The van der Waals surface area contributed by atoms with Crippen molar-refractivity contribution >= 4 is 0 Å². The fourth-order valence-electron chi connectivity index (χ4n) is 2.64. The van der Waals surface area contributed by atoms with Crippen LogP contribution >= 0.6 is 0 Å². The van der Waals surface area contributed by atoms with Crippen molar-refractivity contribution in [3.63, 3.8) is 0 Å². The van der Waals surface area contributed by atoms with E-state index in [0.29, 0.717) is 11.6 Å². The summed E-state index contributed by atoms with van der Waals surface area (Å²) in [5, 5.41) is 3.46. The Labute approximate surface area is 109 Å². The predicted molar refractivity (Wildman–Crippen MR) is 71.1 cm³/mol. The molecular formula is C15H22FNO. The number of rotatable bonds is 3. The monoisotopic (exact) mass is 251 g/mol. The molecule has 1 N–H and O–H groups in total. The summed E-state index contributed by atoms with van der Waals surface area (Å²) in [5.41, 5.74) is 1.24. The minimum Gasteiger partial charge on any atom is -0.370 e. The molecule has 2 unspecified atom stereocenters. The zero-order valence-electron chi connectivity index (χ0n) is 11.4. The van der Waals surface area contributed by atoms with Gasteiger partial charge in [-0.25, -0.2) is 4.39 Å². The summed E-state index contributed by atoms with van der Waals surface area (Å²) < 4.78 is 19.6. The third-order valence-electron chi connectivity index (χ3n) is 3.80. The van der Waals surface area contributed by atoms with Gasteiger partial charge in [0, 0.05) is 12.6 Å². The third-order valence-corrected chi connectivity index (χ3v) is 3.80. The summed E-state index contributed by atoms with van der Waals surface area (Å²) in [6.45, 7) is 7.64. The molecule has 1 aromatic rings. The van der Waals surface area contributed by atoms with Crippen molar-refractivity contribution in [1.29, 1.82) is 0 Å². The highest BCUT2D eigenvalue weighted by molar-refractivity contribution is 5.28. The lowest BCUT2D eigenvalue weighted by Gasteiger charge is -2.39. The second-order valence-electron chi connectivity index (χ2n) is 5.29. The highest BCUT2D eigenvalue weighted by Crippen LogP contribution is 2.35. The highest BCUT2D eigenvalue weighted by Gasteiger charge is 2.34. The fraction of sp³-hybridized carbons (Fsp3) is 0.600. The Morgan fingerprint density at radius 2 is 2.28 bits per heavy atom. The van der Waals surface area contributed by atoms with Gasteiger partial charge >= 0.3 is 0 Å². The first-order valence-electron chi connectivity index (χ1n) is 6.69. The molecule has 2 nitrogen and oxygen atoms in total. The van der Waals surface area contributed by atoms with Crippen LogP contribution in [0.1, 0.15) is 37.8 Å². The van der Waals surface area contributed by atoms with E-state index in [4.69, 9.17) is 4.74 Å². The normalized spacial score (nSPS) is 28.3. The van der Waals surface area contributed by atoms with Gasteiger partial charge in [-0.2, -0.15) is 0 Å². The lowest BCUT2D eigenvalue weighted by molar-refractivity contribution is -0.0812. The summed E-state index contributed by atoms with van der Waals surface area (Å²) in [5.74, 6) is -0.150. The molecule has 0 bridgehead atoms. The van der Waals surface area contributed by atoms with E-state index in [1.807, 2.05) is 12.1 Å². The minimum atomic E-state index is -0.375. The molecule has 0 amide bonds. The second kappa shape index (κ2) is 5.37. The Balaban J connectivity index is 2.21. The second-order valence-corrected chi connectivity index (χ2v) is 5.29. The van der Waals surface area contributed by atoms with Gasteiger partial charge in [-0.3, -0.25) is 0 Å². The molecule has 0 saturated carbocycles. The van der Waals surface area contributed by atoms with E-state index in [-0.39, 0.29) is 11.4 Å². The summed E-state index contributed by atoms with van der Waals surface area (Å²) in [6, 6.07) is 5.88. The van der Waals surface area contributed by atoms with Crippen molar-refractivity contribution in [2.24, 2.45) is 0 Å².